The molecular formula is C16H15NO4. The van der Waals surface area contributed by atoms with Crippen molar-refractivity contribution in [3.05, 3.63) is 40.7 Å². The van der Waals surface area contributed by atoms with Crippen LogP contribution in [0.4, 0.5) is 0 Å². The first kappa shape index (κ1) is 13.5. The smallest absolute Gasteiger partial charge is 0.256 e. The average molecular weight is 285 g/mol. The largest absolute Gasteiger partial charge is 0.504 e. The number of ether oxygens (including phenoxy) is 1. The van der Waals surface area contributed by atoms with Crippen LogP contribution in [0.3, 0.4) is 0 Å². The Labute approximate surface area is 122 Å². The molecule has 108 valence electrons. The van der Waals surface area contributed by atoms with Gasteiger partial charge in [-0.05, 0) is 32.9 Å². The van der Waals surface area contributed by atoms with Crippen molar-refractivity contribution in [3.8, 4) is 5.75 Å². The summed E-state index contributed by atoms with van der Waals surface area (Å²) in [5.74, 6) is -0.766. The molecule has 0 saturated carbocycles. The second kappa shape index (κ2) is 4.28. The van der Waals surface area contributed by atoms with Crippen molar-refractivity contribution in [2.24, 2.45) is 10.4 Å². The molecule has 0 saturated heterocycles. The number of carbonyl (C=O) groups is 2. The molecule has 0 fully saturated rings. The summed E-state index contributed by atoms with van der Waals surface area (Å²) >= 11 is 0. The van der Waals surface area contributed by atoms with Crippen molar-refractivity contribution in [2.75, 3.05) is 6.61 Å². The molecule has 5 nitrogen and oxygen atoms in total. The zero-order valence-corrected chi connectivity index (χ0v) is 12.1. The Morgan fingerprint density at radius 1 is 1.29 bits per heavy atom. The normalized spacial score (nSPS) is 19.3. The summed E-state index contributed by atoms with van der Waals surface area (Å²) in [6, 6.07) is 5.02. The molecule has 1 N–H and O–H groups in total. The predicted molar refractivity (Wildman–Crippen MR) is 76.9 cm³/mol. The minimum atomic E-state index is -1.01. The number of hydrogen-bond acceptors (Lipinski definition) is 4. The fourth-order valence-corrected chi connectivity index (χ4v) is 2.77. The summed E-state index contributed by atoms with van der Waals surface area (Å²) in [4.78, 5) is 28.5. The fraction of sp³-hybridized carbons (Fsp3) is 0.312. The van der Waals surface area contributed by atoms with Crippen molar-refractivity contribution in [3.63, 3.8) is 0 Å². The number of fused-ring (bicyclic) bond motifs is 3. The third-order valence-corrected chi connectivity index (χ3v) is 3.87. The monoisotopic (exact) mass is 285 g/mol. The van der Waals surface area contributed by atoms with E-state index in [2.05, 4.69) is 4.99 Å². The van der Waals surface area contributed by atoms with Gasteiger partial charge in [0.15, 0.2) is 5.76 Å². The predicted octanol–water partition coefficient (Wildman–Crippen LogP) is 2.45. The Kier molecular flexibility index (Phi) is 2.76. The minimum Gasteiger partial charge on any atom is -0.504 e. The van der Waals surface area contributed by atoms with Gasteiger partial charge in [-0.1, -0.05) is 6.07 Å². The van der Waals surface area contributed by atoms with E-state index >= 15 is 0 Å². The van der Waals surface area contributed by atoms with Crippen LogP contribution in [0.1, 0.15) is 36.7 Å². The molecule has 1 aromatic carbocycles. The topological polar surface area (TPSA) is 76.0 Å². The van der Waals surface area contributed by atoms with E-state index in [4.69, 9.17) is 4.74 Å². The number of rotatable bonds is 2. The van der Waals surface area contributed by atoms with Gasteiger partial charge in [-0.15, -0.1) is 0 Å². The lowest BCUT2D eigenvalue weighted by Crippen LogP contribution is -2.29. The summed E-state index contributed by atoms with van der Waals surface area (Å²) in [7, 11) is 0. The summed E-state index contributed by atoms with van der Waals surface area (Å²) in [5.41, 5.74) is 0.437. The van der Waals surface area contributed by atoms with Crippen molar-refractivity contribution in [2.45, 2.75) is 20.8 Å². The van der Waals surface area contributed by atoms with Crippen LogP contribution in [0, 0.1) is 5.41 Å². The van der Waals surface area contributed by atoms with E-state index in [1.807, 2.05) is 6.92 Å². The Bertz CT molecular complexity index is 741. The number of amides is 1. The lowest BCUT2D eigenvalue weighted by molar-refractivity contribution is -0.123. The molecular weight excluding hydrogens is 270 g/mol. The second-order valence-corrected chi connectivity index (χ2v) is 5.56. The lowest BCUT2D eigenvalue weighted by Gasteiger charge is -2.25. The van der Waals surface area contributed by atoms with E-state index in [1.165, 1.54) is 0 Å². The molecule has 0 bridgehead atoms. The molecule has 0 spiro atoms. The number of Topliss-reactive ketones (excluding diaryl/α,β-unsaturated/α-hetero) is 1. The maximum atomic E-state index is 12.4. The lowest BCUT2D eigenvalue weighted by atomic mass is 9.76. The van der Waals surface area contributed by atoms with Crippen LogP contribution < -0.4 is 4.74 Å². The zero-order chi connectivity index (χ0) is 15.4. The van der Waals surface area contributed by atoms with Gasteiger partial charge in [-0.2, -0.15) is 0 Å². The zero-order valence-electron chi connectivity index (χ0n) is 12.1. The number of aliphatic imine (C=N–C) groups is 1. The number of hydrogen-bond donors (Lipinski definition) is 1. The summed E-state index contributed by atoms with van der Waals surface area (Å²) < 4.78 is 5.55. The summed E-state index contributed by atoms with van der Waals surface area (Å²) in [5, 5.41) is 10.2. The number of nitrogens with zero attached hydrogens (tertiary/aromatic N) is 1. The van der Waals surface area contributed by atoms with Gasteiger partial charge in [-0.3, -0.25) is 9.59 Å². The van der Waals surface area contributed by atoms with Crippen LogP contribution in [-0.2, 0) is 4.79 Å². The molecule has 1 heterocycles. The van der Waals surface area contributed by atoms with Gasteiger partial charge in [0.05, 0.1) is 23.3 Å². The van der Waals surface area contributed by atoms with Crippen LogP contribution in [0.25, 0.3) is 0 Å². The van der Waals surface area contributed by atoms with E-state index in [0.29, 0.717) is 29.2 Å². The van der Waals surface area contributed by atoms with E-state index in [9.17, 15) is 14.7 Å². The number of aliphatic hydroxyl groups is 1. The van der Waals surface area contributed by atoms with Crippen molar-refractivity contribution < 1.29 is 19.4 Å². The number of allylic oxidation sites excluding steroid dienone is 1. The van der Waals surface area contributed by atoms with Crippen LogP contribution in [0.2, 0.25) is 0 Å². The fourth-order valence-electron chi connectivity index (χ4n) is 2.77. The van der Waals surface area contributed by atoms with Gasteiger partial charge in [0, 0.05) is 11.1 Å². The van der Waals surface area contributed by atoms with Gasteiger partial charge in [0.2, 0.25) is 5.78 Å². The molecule has 3 rings (SSSR count). The highest BCUT2D eigenvalue weighted by Gasteiger charge is 2.48. The number of benzene rings is 1. The van der Waals surface area contributed by atoms with Crippen molar-refractivity contribution >= 4 is 17.4 Å². The van der Waals surface area contributed by atoms with Crippen LogP contribution >= 0.6 is 0 Å². The molecule has 5 heteroatoms. The molecule has 0 atom stereocenters. The molecule has 1 aliphatic carbocycles. The summed E-state index contributed by atoms with van der Waals surface area (Å²) in [6.45, 7) is 5.57. The van der Waals surface area contributed by atoms with Crippen LogP contribution in [-0.4, -0.2) is 29.1 Å². The molecule has 0 unspecified atom stereocenters. The van der Waals surface area contributed by atoms with E-state index < -0.39 is 17.0 Å². The van der Waals surface area contributed by atoms with Crippen molar-refractivity contribution in [1.29, 1.82) is 0 Å². The first-order chi connectivity index (χ1) is 9.89. The Hall–Kier alpha value is -2.43. The molecule has 1 aromatic rings. The van der Waals surface area contributed by atoms with Crippen LogP contribution in [0.5, 0.6) is 5.75 Å². The van der Waals surface area contributed by atoms with E-state index in [0.717, 1.165) is 0 Å². The number of ketones is 1. The first-order valence-corrected chi connectivity index (χ1v) is 6.77. The molecule has 1 aliphatic heterocycles. The highest BCUT2D eigenvalue weighted by Crippen LogP contribution is 2.44. The molecule has 21 heavy (non-hydrogen) atoms. The molecule has 0 radical (unpaired) electrons. The third kappa shape index (κ3) is 1.67. The highest BCUT2D eigenvalue weighted by molar-refractivity contribution is 6.34. The first-order valence-electron chi connectivity index (χ1n) is 6.77. The van der Waals surface area contributed by atoms with E-state index in [-0.39, 0.29) is 11.5 Å². The summed E-state index contributed by atoms with van der Waals surface area (Å²) in [6.07, 6.45) is 0. The SMILES string of the molecule is CCOc1cccc2c1C1=NC(=O)C(C)(C)C1=C(O)C2=O. The van der Waals surface area contributed by atoms with E-state index in [1.54, 1.807) is 32.0 Å². The average Bonchev–Trinajstić information content (AvgIpc) is 2.67. The van der Waals surface area contributed by atoms with Crippen molar-refractivity contribution in [1.82, 2.24) is 0 Å². The number of carbonyl (C=O) groups excluding carboxylic acids is 2. The Morgan fingerprint density at radius 3 is 2.67 bits per heavy atom. The highest BCUT2D eigenvalue weighted by atomic mass is 16.5. The van der Waals surface area contributed by atoms with Gasteiger partial charge in [-0.25, -0.2) is 4.99 Å². The van der Waals surface area contributed by atoms with Crippen LogP contribution in [0.15, 0.2) is 34.5 Å². The number of aliphatic hydroxyl groups excluding tert-OH is 1. The standard InChI is InChI=1S/C16H15NO4/c1-4-21-9-7-5-6-8-10(9)12-11(14(19)13(8)18)16(2,3)15(20)17-12/h5-7,19H,4H2,1-3H3. The van der Waals surface area contributed by atoms with Gasteiger partial charge >= 0.3 is 0 Å². The molecule has 0 aromatic heterocycles. The minimum absolute atomic E-state index is 0.289. The molecule has 2 aliphatic rings. The molecule has 1 amide bonds. The Morgan fingerprint density at radius 2 is 2.00 bits per heavy atom. The quantitative estimate of drug-likeness (QED) is 0.905. The maximum Gasteiger partial charge on any atom is 0.256 e. The van der Waals surface area contributed by atoms with Gasteiger partial charge < -0.3 is 9.84 Å². The van der Waals surface area contributed by atoms with Gasteiger partial charge in [0.25, 0.3) is 5.91 Å². The Balaban J connectivity index is 2.34. The third-order valence-electron chi connectivity index (χ3n) is 3.87. The van der Waals surface area contributed by atoms with Gasteiger partial charge in [0.1, 0.15) is 5.75 Å². The maximum absolute atomic E-state index is 12.4. The second-order valence-electron chi connectivity index (χ2n) is 5.56.